The van der Waals surface area contributed by atoms with Crippen LogP contribution in [-0.2, 0) is 9.53 Å². The topological polar surface area (TPSA) is 53.0 Å². The van der Waals surface area contributed by atoms with Crippen molar-refractivity contribution in [1.82, 2.24) is 9.80 Å². The number of rotatable bonds is 6. The normalized spacial score (nSPS) is 28.9. The molecule has 2 heterocycles. The van der Waals surface area contributed by atoms with Crippen LogP contribution in [-0.4, -0.2) is 72.4 Å². The van der Waals surface area contributed by atoms with Gasteiger partial charge in [0.25, 0.3) is 0 Å². The largest absolute Gasteiger partial charge is 0.481 e. The first kappa shape index (κ1) is 16.7. The fraction of sp³-hybridized carbons (Fsp3) is 0.938. The Morgan fingerprint density at radius 2 is 2.14 bits per heavy atom. The van der Waals surface area contributed by atoms with Gasteiger partial charge in [0.05, 0.1) is 19.1 Å². The van der Waals surface area contributed by atoms with E-state index < -0.39 is 5.97 Å². The van der Waals surface area contributed by atoms with Crippen LogP contribution in [0.1, 0.15) is 39.5 Å². The van der Waals surface area contributed by atoms with E-state index in [2.05, 4.69) is 23.6 Å². The number of hydrogen-bond donors (Lipinski definition) is 1. The molecule has 2 saturated heterocycles. The molecule has 0 aromatic heterocycles. The Kier molecular flexibility index (Phi) is 6.45. The van der Waals surface area contributed by atoms with Crippen LogP contribution in [0, 0.1) is 5.92 Å². The summed E-state index contributed by atoms with van der Waals surface area (Å²) in [5.74, 6) is -0.00334. The van der Waals surface area contributed by atoms with Gasteiger partial charge in [0, 0.05) is 32.2 Å². The van der Waals surface area contributed by atoms with Crippen LogP contribution < -0.4 is 0 Å². The molecule has 2 fully saturated rings. The van der Waals surface area contributed by atoms with Crippen LogP contribution in [0.5, 0.6) is 0 Å². The molecule has 0 bridgehead atoms. The Balaban J connectivity index is 1.84. The summed E-state index contributed by atoms with van der Waals surface area (Å²) in [6, 6.07) is 0.195. The van der Waals surface area contributed by atoms with E-state index in [9.17, 15) is 4.79 Å². The Morgan fingerprint density at radius 3 is 2.86 bits per heavy atom. The minimum absolute atomic E-state index is 0.195. The van der Waals surface area contributed by atoms with Crippen molar-refractivity contribution >= 4 is 5.97 Å². The Morgan fingerprint density at radius 1 is 1.33 bits per heavy atom. The van der Waals surface area contributed by atoms with E-state index in [1.807, 2.05) is 0 Å². The van der Waals surface area contributed by atoms with E-state index in [1.165, 1.54) is 6.42 Å². The van der Waals surface area contributed by atoms with Crippen molar-refractivity contribution in [3.8, 4) is 0 Å². The molecule has 5 heteroatoms. The second-order valence-corrected chi connectivity index (χ2v) is 6.89. The first-order valence-electron chi connectivity index (χ1n) is 8.34. The lowest BCUT2D eigenvalue weighted by atomic mass is 9.98. The van der Waals surface area contributed by atoms with Gasteiger partial charge in [-0.15, -0.1) is 0 Å². The average molecular weight is 298 g/mol. The third kappa shape index (κ3) is 5.57. The molecule has 2 atom stereocenters. The lowest BCUT2D eigenvalue weighted by molar-refractivity contribution is -0.139. The third-order valence-electron chi connectivity index (χ3n) is 4.44. The van der Waals surface area contributed by atoms with Crippen LogP contribution in [0.4, 0.5) is 0 Å². The van der Waals surface area contributed by atoms with E-state index in [0.717, 1.165) is 52.2 Å². The molecule has 21 heavy (non-hydrogen) atoms. The zero-order valence-corrected chi connectivity index (χ0v) is 13.5. The van der Waals surface area contributed by atoms with Gasteiger partial charge in [-0.2, -0.15) is 0 Å². The maximum atomic E-state index is 11.0. The molecule has 2 aliphatic rings. The lowest BCUT2D eigenvalue weighted by Crippen LogP contribution is -2.51. The van der Waals surface area contributed by atoms with E-state index in [1.54, 1.807) is 0 Å². The van der Waals surface area contributed by atoms with Crippen molar-refractivity contribution in [3.63, 3.8) is 0 Å². The number of ether oxygens (including phenoxy) is 1. The fourth-order valence-electron chi connectivity index (χ4n) is 3.57. The van der Waals surface area contributed by atoms with Crippen molar-refractivity contribution < 1.29 is 14.6 Å². The zero-order valence-electron chi connectivity index (χ0n) is 13.5. The minimum atomic E-state index is -0.683. The van der Waals surface area contributed by atoms with Crippen molar-refractivity contribution in [2.75, 3.05) is 39.3 Å². The lowest BCUT2D eigenvalue weighted by Gasteiger charge is -2.40. The highest BCUT2D eigenvalue weighted by molar-refractivity contribution is 5.67. The molecular weight excluding hydrogens is 268 g/mol. The van der Waals surface area contributed by atoms with Gasteiger partial charge in [-0.3, -0.25) is 14.6 Å². The number of carboxylic acid groups (broad SMARTS) is 1. The van der Waals surface area contributed by atoms with Gasteiger partial charge in [-0.25, -0.2) is 0 Å². The van der Waals surface area contributed by atoms with Gasteiger partial charge in [-0.1, -0.05) is 20.3 Å². The van der Waals surface area contributed by atoms with Gasteiger partial charge in [0.1, 0.15) is 0 Å². The summed E-state index contributed by atoms with van der Waals surface area (Å²) < 4.78 is 5.92. The predicted molar refractivity (Wildman–Crippen MR) is 82.5 cm³/mol. The summed E-state index contributed by atoms with van der Waals surface area (Å²) in [6.07, 6.45) is 3.83. The Hall–Kier alpha value is -0.650. The molecule has 0 aliphatic carbocycles. The highest BCUT2D eigenvalue weighted by Crippen LogP contribution is 2.21. The molecule has 2 unspecified atom stereocenters. The Bertz CT molecular complexity index is 335. The highest BCUT2D eigenvalue weighted by Gasteiger charge is 2.29. The molecule has 0 spiro atoms. The maximum absolute atomic E-state index is 11.0. The average Bonchev–Trinajstić information content (AvgIpc) is 2.40. The summed E-state index contributed by atoms with van der Waals surface area (Å²) in [6.45, 7) is 10.3. The van der Waals surface area contributed by atoms with Crippen LogP contribution in [0.3, 0.4) is 0 Å². The number of carbonyl (C=O) groups is 1. The standard InChI is InChI=1S/C16H30N2O3/c1-13(2)10-17-7-8-21-15(11-17)12-18-6-4-3-5-14(18)9-16(19)20/h13-15H,3-12H2,1-2H3,(H,19,20). The molecule has 5 nitrogen and oxygen atoms in total. The smallest absolute Gasteiger partial charge is 0.304 e. The van der Waals surface area contributed by atoms with Crippen molar-refractivity contribution in [2.24, 2.45) is 5.92 Å². The molecule has 2 rings (SSSR count). The van der Waals surface area contributed by atoms with Gasteiger partial charge in [-0.05, 0) is 25.3 Å². The first-order chi connectivity index (χ1) is 10.0. The summed E-state index contributed by atoms with van der Waals surface area (Å²) in [5.41, 5.74) is 0. The van der Waals surface area contributed by atoms with Crippen molar-refractivity contribution in [1.29, 1.82) is 0 Å². The monoisotopic (exact) mass is 298 g/mol. The first-order valence-corrected chi connectivity index (χ1v) is 8.34. The van der Waals surface area contributed by atoms with Crippen LogP contribution in [0.15, 0.2) is 0 Å². The Labute approximate surface area is 128 Å². The van der Waals surface area contributed by atoms with Crippen molar-refractivity contribution in [3.05, 3.63) is 0 Å². The number of likely N-dealkylation sites (tertiary alicyclic amines) is 1. The molecule has 0 amide bonds. The molecule has 2 aliphatic heterocycles. The number of hydrogen-bond acceptors (Lipinski definition) is 4. The molecular formula is C16H30N2O3. The SMILES string of the molecule is CC(C)CN1CCOC(CN2CCCCC2CC(=O)O)C1. The molecule has 1 N–H and O–H groups in total. The van der Waals surface area contributed by atoms with Crippen LogP contribution in [0.25, 0.3) is 0 Å². The van der Waals surface area contributed by atoms with Gasteiger partial charge in [0.15, 0.2) is 0 Å². The quantitative estimate of drug-likeness (QED) is 0.808. The van der Waals surface area contributed by atoms with Crippen LogP contribution >= 0.6 is 0 Å². The van der Waals surface area contributed by atoms with E-state index in [0.29, 0.717) is 5.92 Å². The second-order valence-electron chi connectivity index (χ2n) is 6.89. The molecule has 0 radical (unpaired) electrons. The molecule has 122 valence electrons. The number of nitrogens with zero attached hydrogens (tertiary/aromatic N) is 2. The zero-order chi connectivity index (χ0) is 15.2. The molecule has 0 saturated carbocycles. The summed E-state index contributed by atoms with van der Waals surface area (Å²) in [5, 5.41) is 9.06. The minimum Gasteiger partial charge on any atom is -0.481 e. The summed E-state index contributed by atoms with van der Waals surface area (Å²) in [4.78, 5) is 15.8. The highest BCUT2D eigenvalue weighted by atomic mass is 16.5. The summed E-state index contributed by atoms with van der Waals surface area (Å²) >= 11 is 0. The number of piperidine rings is 1. The predicted octanol–water partition coefficient (Wildman–Crippen LogP) is 1.67. The third-order valence-corrected chi connectivity index (χ3v) is 4.44. The van der Waals surface area contributed by atoms with Crippen molar-refractivity contribution in [2.45, 2.75) is 51.7 Å². The fourth-order valence-corrected chi connectivity index (χ4v) is 3.57. The molecule has 0 aromatic carbocycles. The van der Waals surface area contributed by atoms with Gasteiger partial charge in [0.2, 0.25) is 0 Å². The number of morpholine rings is 1. The second kappa shape index (κ2) is 8.11. The van der Waals surface area contributed by atoms with Gasteiger partial charge < -0.3 is 9.84 Å². The van der Waals surface area contributed by atoms with Gasteiger partial charge >= 0.3 is 5.97 Å². The van der Waals surface area contributed by atoms with E-state index in [4.69, 9.17) is 9.84 Å². The van der Waals surface area contributed by atoms with E-state index in [-0.39, 0.29) is 18.6 Å². The maximum Gasteiger partial charge on any atom is 0.304 e. The summed E-state index contributed by atoms with van der Waals surface area (Å²) in [7, 11) is 0. The van der Waals surface area contributed by atoms with E-state index >= 15 is 0 Å². The number of carboxylic acids is 1. The molecule has 0 aromatic rings. The van der Waals surface area contributed by atoms with Crippen LogP contribution in [0.2, 0.25) is 0 Å². The number of aliphatic carboxylic acids is 1.